The number of alkyl halides is 3. The number of piperidine rings is 1. The zero-order chi connectivity index (χ0) is 24.8. The predicted octanol–water partition coefficient (Wildman–Crippen LogP) is 2.46. The van der Waals surface area contributed by atoms with Gasteiger partial charge < -0.3 is 15.5 Å². The number of amides is 2. The molecule has 34 heavy (non-hydrogen) atoms. The summed E-state index contributed by atoms with van der Waals surface area (Å²) in [6.45, 7) is 3.14. The van der Waals surface area contributed by atoms with Crippen molar-refractivity contribution in [3.63, 3.8) is 0 Å². The number of hydrogen-bond acceptors (Lipinski definition) is 5. The number of nitrogens with zero attached hydrogens (tertiary/aromatic N) is 5. The normalized spacial score (nSPS) is 19.9. The van der Waals surface area contributed by atoms with E-state index >= 15 is 0 Å². The van der Waals surface area contributed by atoms with Crippen molar-refractivity contribution in [2.75, 3.05) is 31.1 Å². The number of aryl methyl sites for hydroxylation is 2. The van der Waals surface area contributed by atoms with Gasteiger partial charge in [-0.3, -0.25) is 14.3 Å². The van der Waals surface area contributed by atoms with E-state index in [1.807, 2.05) is 4.90 Å². The van der Waals surface area contributed by atoms with E-state index in [4.69, 9.17) is 11.0 Å². The van der Waals surface area contributed by atoms with E-state index in [-0.39, 0.29) is 12.5 Å². The van der Waals surface area contributed by atoms with Crippen LogP contribution >= 0.6 is 0 Å². The predicted molar refractivity (Wildman–Crippen MR) is 117 cm³/mol. The van der Waals surface area contributed by atoms with Crippen molar-refractivity contribution >= 4 is 17.5 Å². The van der Waals surface area contributed by atoms with Crippen LogP contribution in [0.15, 0.2) is 24.3 Å². The van der Waals surface area contributed by atoms with Crippen LogP contribution in [0.3, 0.4) is 0 Å². The maximum Gasteiger partial charge on any atom is 0.417 e. The van der Waals surface area contributed by atoms with Gasteiger partial charge >= 0.3 is 6.18 Å². The van der Waals surface area contributed by atoms with E-state index in [0.29, 0.717) is 49.6 Å². The Morgan fingerprint density at radius 2 is 1.91 bits per heavy atom. The lowest BCUT2D eigenvalue weighted by Gasteiger charge is -2.42. The number of aromatic nitrogens is 2. The molecule has 8 nitrogen and oxygen atoms in total. The summed E-state index contributed by atoms with van der Waals surface area (Å²) in [5.74, 6) is -1.25. The van der Waals surface area contributed by atoms with Crippen molar-refractivity contribution in [1.82, 2.24) is 14.7 Å². The van der Waals surface area contributed by atoms with Crippen molar-refractivity contribution in [3.05, 3.63) is 46.8 Å². The lowest BCUT2D eigenvalue weighted by atomic mass is 9.70. The molecule has 1 aromatic carbocycles. The van der Waals surface area contributed by atoms with Crippen LogP contribution in [0.25, 0.3) is 0 Å². The highest BCUT2D eigenvalue weighted by Gasteiger charge is 2.52. The molecule has 1 unspecified atom stereocenters. The topological polar surface area (TPSA) is 108 Å². The fourth-order valence-corrected chi connectivity index (χ4v) is 5.27. The van der Waals surface area contributed by atoms with E-state index < -0.39 is 34.5 Å². The second-order valence-electron chi connectivity index (χ2n) is 9.12. The number of benzene rings is 1. The van der Waals surface area contributed by atoms with Crippen molar-refractivity contribution in [3.8, 4) is 6.07 Å². The first-order valence-electron chi connectivity index (χ1n) is 10.9. The molecule has 4 rings (SSSR count). The summed E-state index contributed by atoms with van der Waals surface area (Å²) in [4.78, 5) is 28.9. The van der Waals surface area contributed by atoms with Crippen LogP contribution in [0.5, 0.6) is 0 Å². The van der Waals surface area contributed by atoms with Crippen LogP contribution in [0.1, 0.15) is 40.2 Å². The Kier molecular flexibility index (Phi) is 5.79. The van der Waals surface area contributed by atoms with Gasteiger partial charge in [-0.05, 0) is 44.0 Å². The van der Waals surface area contributed by atoms with Gasteiger partial charge in [0, 0.05) is 44.3 Å². The third-order valence-electron chi connectivity index (χ3n) is 7.05. The molecule has 2 amide bonds. The summed E-state index contributed by atoms with van der Waals surface area (Å²) in [5.41, 5.74) is 5.30. The summed E-state index contributed by atoms with van der Waals surface area (Å²) in [6, 6.07) is 6.97. The van der Waals surface area contributed by atoms with Crippen molar-refractivity contribution < 1.29 is 22.8 Å². The highest BCUT2D eigenvalue weighted by molar-refractivity contribution is 5.93. The Labute approximate surface area is 194 Å². The average Bonchev–Trinajstić information content (AvgIpc) is 3.32. The lowest BCUT2D eigenvalue weighted by molar-refractivity contribution is -0.137. The van der Waals surface area contributed by atoms with Gasteiger partial charge in [-0.15, -0.1) is 0 Å². The Morgan fingerprint density at radius 1 is 1.24 bits per heavy atom. The molecule has 0 radical (unpaired) electrons. The number of rotatable bonds is 3. The van der Waals surface area contributed by atoms with Crippen LogP contribution in [-0.2, 0) is 18.0 Å². The molecule has 2 aliphatic rings. The third kappa shape index (κ3) is 4.08. The zero-order valence-corrected chi connectivity index (χ0v) is 18.9. The number of nitriles is 1. The van der Waals surface area contributed by atoms with Gasteiger partial charge in [0.1, 0.15) is 5.69 Å². The zero-order valence-electron chi connectivity index (χ0n) is 18.9. The van der Waals surface area contributed by atoms with Gasteiger partial charge in [-0.2, -0.15) is 23.5 Å². The highest BCUT2D eigenvalue weighted by Crippen LogP contribution is 2.46. The molecule has 11 heteroatoms. The van der Waals surface area contributed by atoms with Gasteiger partial charge in [-0.1, -0.05) is 0 Å². The minimum atomic E-state index is -4.63. The van der Waals surface area contributed by atoms with Crippen LogP contribution < -0.4 is 10.6 Å². The standard InChI is InChI=1S/C23H25F3N6O2/c1-14-9-19(30(2)29-14)21(34)32-12-18(20(28)33)22(13-32)5-7-31(8-6-22)16-4-3-15(11-27)17(10-16)23(24,25)26/h3-4,9-10,18H,5-8,12-13H2,1-2H3,(H2,28,33). The summed E-state index contributed by atoms with van der Waals surface area (Å²) in [6.07, 6.45) is -3.64. The number of likely N-dealkylation sites (tertiary alicyclic amines) is 1. The number of carbonyl (C=O) groups is 2. The molecular weight excluding hydrogens is 449 g/mol. The first-order valence-corrected chi connectivity index (χ1v) is 10.9. The Hall–Kier alpha value is -3.55. The monoisotopic (exact) mass is 474 g/mol. The molecular formula is C23H25F3N6O2. The van der Waals surface area contributed by atoms with E-state index in [1.165, 1.54) is 16.8 Å². The van der Waals surface area contributed by atoms with Crippen LogP contribution in [0.4, 0.5) is 18.9 Å². The number of primary amides is 1. The maximum atomic E-state index is 13.4. The molecule has 2 aromatic rings. The van der Waals surface area contributed by atoms with Crippen LogP contribution in [-0.4, -0.2) is 52.7 Å². The number of anilines is 1. The minimum Gasteiger partial charge on any atom is -0.371 e. The molecule has 0 saturated carbocycles. The van der Waals surface area contributed by atoms with E-state index in [2.05, 4.69) is 5.10 Å². The number of carbonyl (C=O) groups excluding carboxylic acids is 2. The second-order valence-corrected chi connectivity index (χ2v) is 9.12. The summed E-state index contributed by atoms with van der Waals surface area (Å²) in [5, 5.41) is 13.2. The molecule has 3 heterocycles. The largest absolute Gasteiger partial charge is 0.417 e. The maximum absolute atomic E-state index is 13.4. The fraction of sp³-hybridized carbons (Fsp3) is 0.478. The number of halogens is 3. The molecule has 2 N–H and O–H groups in total. The SMILES string of the molecule is Cc1cc(C(=O)N2CC(C(N)=O)C3(CCN(c4ccc(C#N)c(C(F)(F)F)c4)CC3)C2)n(C)n1. The molecule has 0 aliphatic carbocycles. The average molecular weight is 474 g/mol. The van der Waals surface area contributed by atoms with E-state index in [9.17, 15) is 22.8 Å². The highest BCUT2D eigenvalue weighted by atomic mass is 19.4. The molecule has 0 bridgehead atoms. The Balaban J connectivity index is 1.54. The van der Waals surface area contributed by atoms with Crippen molar-refractivity contribution in [2.24, 2.45) is 24.1 Å². The second kappa shape index (κ2) is 8.34. The van der Waals surface area contributed by atoms with Gasteiger partial charge in [0.25, 0.3) is 5.91 Å². The summed E-state index contributed by atoms with van der Waals surface area (Å²) < 4.78 is 41.7. The third-order valence-corrected chi connectivity index (χ3v) is 7.05. The molecule has 2 aliphatic heterocycles. The molecule has 1 aromatic heterocycles. The lowest BCUT2D eigenvalue weighted by Crippen LogP contribution is -2.47. The molecule has 2 fully saturated rings. The molecule has 1 atom stereocenters. The minimum absolute atomic E-state index is 0.202. The van der Waals surface area contributed by atoms with E-state index in [0.717, 1.165) is 6.07 Å². The van der Waals surface area contributed by atoms with Crippen molar-refractivity contribution in [2.45, 2.75) is 25.9 Å². The molecule has 1 spiro atoms. The van der Waals surface area contributed by atoms with Gasteiger partial charge in [-0.25, -0.2) is 0 Å². The van der Waals surface area contributed by atoms with Crippen LogP contribution in [0, 0.1) is 29.6 Å². The molecule has 180 valence electrons. The summed E-state index contributed by atoms with van der Waals surface area (Å²) >= 11 is 0. The van der Waals surface area contributed by atoms with Crippen LogP contribution in [0.2, 0.25) is 0 Å². The first-order chi connectivity index (χ1) is 15.9. The first kappa shape index (κ1) is 23.6. The smallest absolute Gasteiger partial charge is 0.371 e. The fourth-order valence-electron chi connectivity index (χ4n) is 5.27. The van der Waals surface area contributed by atoms with Crippen molar-refractivity contribution in [1.29, 1.82) is 5.26 Å². The van der Waals surface area contributed by atoms with E-state index in [1.54, 1.807) is 31.0 Å². The number of hydrogen-bond donors (Lipinski definition) is 1. The Morgan fingerprint density at radius 3 is 2.44 bits per heavy atom. The molecule has 2 saturated heterocycles. The summed E-state index contributed by atoms with van der Waals surface area (Å²) in [7, 11) is 1.68. The van der Waals surface area contributed by atoms with Gasteiger partial charge in [0.15, 0.2) is 0 Å². The quantitative estimate of drug-likeness (QED) is 0.735. The number of nitrogens with two attached hydrogens (primary N) is 1. The van der Waals surface area contributed by atoms with Gasteiger partial charge in [0.05, 0.1) is 28.8 Å². The Bertz CT molecular complexity index is 1170. The van der Waals surface area contributed by atoms with Gasteiger partial charge in [0.2, 0.25) is 5.91 Å².